The standard InChI is InChI=1S/C9H16N4S/c1-13(7-2-3-11-4-7)6-8-5-12-9(10)14-8/h5,7,11H,2-4,6H2,1H3,(H2,10,12). The summed E-state index contributed by atoms with van der Waals surface area (Å²) in [5.41, 5.74) is 5.58. The minimum Gasteiger partial charge on any atom is -0.375 e. The number of nitrogens with two attached hydrogens (primary N) is 1. The molecule has 0 amide bonds. The second-order valence-corrected chi connectivity index (χ2v) is 4.87. The molecule has 1 aromatic rings. The van der Waals surface area contributed by atoms with Crippen molar-refractivity contribution in [2.24, 2.45) is 0 Å². The summed E-state index contributed by atoms with van der Waals surface area (Å²) in [5.74, 6) is 0. The van der Waals surface area contributed by atoms with E-state index in [1.54, 1.807) is 11.3 Å². The highest BCUT2D eigenvalue weighted by atomic mass is 32.1. The first-order chi connectivity index (χ1) is 6.75. The summed E-state index contributed by atoms with van der Waals surface area (Å²) in [6.07, 6.45) is 3.11. The van der Waals surface area contributed by atoms with E-state index in [-0.39, 0.29) is 0 Å². The zero-order valence-corrected chi connectivity index (χ0v) is 9.18. The van der Waals surface area contributed by atoms with Crippen molar-refractivity contribution in [2.45, 2.75) is 19.0 Å². The molecule has 0 radical (unpaired) electrons. The second kappa shape index (κ2) is 4.25. The average Bonchev–Trinajstić information content (AvgIpc) is 2.75. The van der Waals surface area contributed by atoms with Crippen molar-refractivity contribution in [2.75, 3.05) is 25.9 Å². The van der Waals surface area contributed by atoms with Gasteiger partial charge in [-0.15, -0.1) is 11.3 Å². The lowest BCUT2D eigenvalue weighted by atomic mass is 10.2. The lowest BCUT2D eigenvalue weighted by Crippen LogP contribution is -2.32. The van der Waals surface area contributed by atoms with Gasteiger partial charge < -0.3 is 11.1 Å². The molecular formula is C9H16N4S. The Morgan fingerprint density at radius 3 is 3.21 bits per heavy atom. The Balaban J connectivity index is 1.90. The van der Waals surface area contributed by atoms with E-state index in [1.165, 1.54) is 11.3 Å². The predicted molar refractivity (Wildman–Crippen MR) is 59.3 cm³/mol. The number of anilines is 1. The molecule has 0 spiro atoms. The van der Waals surface area contributed by atoms with Crippen LogP contribution < -0.4 is 11.1 Å². The van der Waals surface area contributed by atoms with Crippen LogP contribution in [-0.2, 0) is 6.54 Å². The fraction of sp³-hybridized carbons (Fsp3) is 0.667. The van der Waals surface area contributed by atoms with E-state index in [9.17, 15) is 0 Å². The first-order valence-electron chi connectivity index (χ1n) is 4.87. The van der Waals surface area contributed by atoms with Crippen molar-refractivity contribution in [3.63, 3.8) is 0 Å². The zero-order valence-electron chi connectivity index (χ0n) is 8.36. The summed E-state index contributed by atoms with van der Waals surface area (Å²) >= 11 is 1.58. The summed E-state index contributed by atoms with van der Waals surface area (Å²) in [7, 11) is 2.16. The molecule has 0 aromatic carbocycles. The number of likely N-dealkylation sites (N-methyl/N-ethyl adjacent to an activating group) is 1. The van der Waals surface area contributed by atoms with Gasteiger partial charge in [0.2, 0.25) is 0 Å². The van der Waals surface area contributed by atoms with E-state index < -0.39 is 0 Å². The van der Waals surface area contributed by atoms with Crippen LogP contribution in [0.15, 0.2) is 6.20 Å². The van der Waals surface area contributed by atoms with Gasteiger partial charge in [-0.05, 0) is 20.0 Å². The topological polar surface area (TPSA) is 54.2 Å². The van der Waals surface area contributed by atoms with E-state index in [0.717, 1.165) is 19.6 Å². The minimum absolute atomic E-state index is 0.665. The summed E-state index contributed by atoms with van der Waals surface area (Å²) in [4.78, 5) is 7.67. The van der Waals surface area contributed by atoms with E-state index in [0.29, 0.717) is 11.2 Å². The molecule has 2 rings (SSSR count). The molecule has 78 valence electrons. The van der Waals surface area contributed by atoms with Crippen molar-refractivity contribution in [1.29, 1.82) is 0 Å². The van der Waals surface area contributed by atoms with Crippen LogP contribution in [0.3, 0.4) is 0 Å². The maximum atomic E-state index is 5.58. The molecule has 1 atom stereocenters. The van der Waals surface area contributed by atoms with E-state index in [2.05, 4.69) is 22.2 Å². The van der Waals surface area contributed by atoms with Gasteiger partial charge in [0.05, 0.1) is 0 Å². The van der Waals surface area contributed by atoms with Crippen molar-refractivity contribution in [3.8, 4) is 0 Å². The van der Waals surface area contributed by atoms with Crippen molar-refractivity contribution in [3.05, 3.63) is 11.1 Å². The Morgan fingerprint density at radius 2 is 2.64 bits per heavy atom. The third-order valence-electron chi connectivity index (χ3n) is 2.63. The molecule has 1 unspecified atom stereocenters. The van der Waals surface area contributed by atoms with Gasteiger partial charge >= 0.3 is 0 Å². The minimum atomic E-state index is 0.665. The molecule has 5 heteroatoms. The highest BCUT2D eigenvalue weighted by Gasteiger charge is 2.19. The van der Waals surface area contributed by atoms with Gasteiger partial charge in [-0.3, -0.25) is 4.90 Å². The summed E-state index contributed by atoms with van der Waals surface area (Å²) in [6.45, 7) is 3.20. The first kappa shape index (κ1) is 9.89. The second-order valence-electron chi connectivity index (χ2n) is 3.73. The average molecular weight is 212 g/mol. The number of thiazole rings is 1. The lowest BCUT2D eigenvalue weighted by molar-refractivity contribution is 0.251. The van der Waals surface area contributed by atoms with Crippen LogP contribution >= 0.6 is 11.3 Å². The Morgan fingerprint density at radius 1 is 1.79 bits per heavy atom. The molecule has 1 aliphatic rings. The van der Waals surface area contributed by atoms with Crippen LogP contribution in [0.2, 0.25) is 0 Å². The largest absolute Gasteiger partial charge is 0.375 e. The SMILES string of the molecule is CN(Cc1cnc(N)s1)C1CCNC1. The third kappa shape index (κ3) is 2.23. The number of nitrogens with zero attached hydrogens (tertiary/aromatic N) is 2. The fourth-order valence-corrected chi connectivity index (χ4v) is 2.53. The maximum absolute atomic E-state index is 5.58. The molecule has 1 aliphatic heterocycles. The third-order valence-corrected chi connectivity index (χ3v) is 3.45. The van der Waals surface area contributed by atoms with Crippen LogP contribution in [0.4, 0.5) is 5.13 Å². The number of hydrogen-bond acceptors (Lipinski definition) is 5. The Bertz CT molecular complexity index is 293. The molecule has 14 heavy (non-hydrogen) atoms. The molecule has 3 N–H and O–H groups in total. The van der Waals surface area contributed by atoms with Gasteiger partial charge in [0.15, 0.2) is 5.13 Å². The van der Waals surface area contributed by atoms with Crippen LogP contribution in [0.5, 0.6) is 0 Å². The molecule has 1 saturated heterocycles. The van der Waals surface area contributed by atoms with Crippen LogP contribution in [-0.4, -0.2) is 36.1 Å². The predicted octanol–water partition coefficient (Wildman–Crippen LogP) is 0.519. The first-order valence-corrected chi connectivity index (χ1v) is 5.68. The molecular weight excluding hydrogens is 196 g/mol. The van der Waals surface area contributed by atoms with E-state index in [1.807, 2.05) is 6.20 Å². The van der Waals surface area contributed by atoms with Gasteiger partial charge in [-0.1, -0.05) is 0 Å². The van der Waals surface area contributed by atoms with Crippen LogP contribution in [0.1, 0.15) is 11.3 Å². The monoisotopic (exact) mass is 212 g/mol. The quantitative estimate of drug-likeness (QED) is 0.767. The van der Waals surface area contributed by atoms with Gasteiger partial charge in [-0.25, -0.2) is 4.98 Å². The number of aromatic nitrogens is 1. The Kier molecular flexibility index (Phi) is 3.00. The highest BCUT2D eigenvalue weighted by Crippen LogP contribution is 2.18. The number of hydrogen-bond donors (Lipinski definition) is 2. The number of nitrogens with one attached hydrogen (secondary N) is 1. The van der Waals surface area contributed by atoms with Crippen molar-refractivity contribution < 1.29 is 0 Å². The summed E-state index contributed by atoms with van der Waals surface area (Å²) < 4.78 is 0. The highest BCUT2D eigenvalue weighted by molar-refractivity contribution is 7.15. The maximum Gasteiger partial charge on any atom is 0.180 e. The van der Waals surface area contributed by atoms with Crippen LogP contribution in [0, 0.1) is 0 Å². The lowest BCUT2D eigenvalue weighted by Gasteiger charge is -2.22. The zero-order chi connectivity index (χ0) is 9.97. The van der Waals surface area contributed by atoms with E-state index in [4.69, 9.17) is 5.73 Å². The number of rotatable bonds is 3. The normalized spacial score (nSPS) is 22.0. The molecule has 2 heterocycles. The number of nitrogen functional groups attached to an aromatic ring is 1. The van der Waals surface area contributed by atoms with Crippen LogP contribution in [0.25, 0.3) is 0 Å². The van der Waals surface area contributed by atoms with Gasteiger partial charge in [0, 0.05) is 30.2 Å². The molecule has 0 aliphatic carbocycles. The van der Waals surface area contributed by atoms with Crippen molar-refractivity contribution >= 4 is 16.5 Å². The molecule has 4 nitrogen and oxygen atoms in total. The fourth-order valence-electron chi connectivity index (χ4n) is 1.79. The van der Waals surface area contributed by atoms with Gasteiger partial charge in [-0.2, -0.15) is 0 Å². The molecule has 0 bridgehead atoms. The Labute approximate surface area is 88.1 Å². The van der Waals surface area contributed by atoms with Crippen molar-refractivity contribution in [1.82, 2.24) is 15.2 Å². The molecule has 0 saturated carbocycles. The van der Waals surface area contributed by atoms with E-state index >= 15 is 0 Å². The molecule has 1 fully saturated rings. The molecule has 1 aromatic heterocycles. The summed E-state index contributed by atoms with van der Waals surface area (Å²) in [6, 6.07) is 0.665. The smallest absolute Gasteiger partial charge is 0.180 e. The van der Waals surface area contributed by atoms with Gasteiger partial charge in [0.1, 0.15) is 0 Å². The summed E-state index contributed by atoms with van der Waals surface area (Å²) in [5, 5.41) is 4.03. The Hall–Kier alpha value is -0.650. The van der Waals surface area contributed by atoms with Gasteiger partial charge in [0.25, 0.3) is 0 Å².